The summed E-state index contributed by atoms with van der Waals surface area (Å²) in [6.45, 7) is 2.33. The number of ether oxygens (including phenoxy) is 1. The van der Waals surface area contributed by atoms with E-state index in [9.17, 15) is 4.79 Å². The zero-order valence-corrected chi connectivity index (χ0v) is 12.3. The third-order valence-corrected chi connectivity index (χ3v) is 3.38. The van der Waals surface area contributed by atoms with Crippen LogP contribution in [-0.2, 0) is 16.1 Å². The lowest BCUT2D eigenvalue weighted by Gasteiger charge is -2.15. The Morgan fingerprint density at radius 1 is 1.24 bits per heavy atom. The molecule has 0 radical (unpaired) electrons. The van der Waals surface area contributed by atoms with Gasteiger partial charge >= 0.3 is 0 Å². The Labute approximate surface area is 124 Å². The largest absolute Gasteiger partial charge is 0.399 e. The van der Waals surface area contributed by atoms with Gasteiger partial charge in [-0.1, -0.05) is 30.3 Å². The maximum atomic E-state index is 12.4. The topological polar surface area (TPSA) is 64.3 Å². The van der Waals surface area contributed by atoms with Gasteiger partial charge in [0, 0.05) is 24.0 Å². The number of nitrogens with one attached hydrogen (secondary N) is 1. The number of benzene rings is 2. The first-order valence-electron chi connectivity index (χ1n) is 6.85. The summed E-state index contributed by atoms with van der Waals surface area (Å²) in [4.78, 5) is 12.4. The standard InChI is InChI=1S/C17H20N2O2/c1-12(13-7-5-8-15(18)10-13)17(20)19-16-9-4-3-6-14(16)11-21-2/h3-10,12H,11,18H2,1-2H3,(H,19,20). The fourth-order valence-electron chi connectivity index (χ4n) is 2.14. The van der Waals surface area contributed by atoms with Gasteiger partial charge in [0.25, 0.3) is 0 Å². The van der Waals surface area contributed by atoms with Crippen molar-refractivity contribution in [1.82, 2.24) is 0 Å². The van der Waals surface area contributed by atoms with Crippen LogP contribution in [0.5, 0.6) is 0 Å². The molecule has 3 N–H and O–H groups in total. The summed E-state index contributed by atoms with van der Waals surface area (Å²) in [5, 5.41) is 2.95. The molecule has 110 valence electrons. The van der Waals surface area contributed by atoms with Gasteiger partial charge in [-0.25, -0.2) is 0 Å². The number of hydrogen-bond donors (Lipinski definition) is 2. The van der Waals surface area contributed by atoms with Crippen molar-refractivity contribution in [3.63, 3.8) is 0 Å². The van der Waals surface area contributed by atoms with E-state index in [1.165, 1.54) is 0 Å². The van der Waals surface area contributed by atoms with Crippen LogP contribution in [0.4, 0.5) is 11.4 Å². The van der Waals surface area contributed by atoms with Crippen LogP contribution in [-0.4, -0.2) is 13.0 Å². The van der Waals surface area contributed by atoms with E-state index in [2.05, 4.69) is 5.32 Å². The number of nitrogens with two attached hydrogens (primary N) is 1. The Morgan fingerprint density at radius 3 is 2.71 bits per heavy atom. The SMILES string of the molecule is COCc1ccccc1NC(=O)C(C)c1cccc(N)c1. The minimum absolute atomic E-state index is 0.0656. The van der Waals surface area contributed by atoms with Gasteiger partial charge in [-0.3, -0.25) is 4.79 Å². The second-order valence-corrected chi connectivity index (χ2v) is 4.97. The summed E-state index contributed by atoms with van der Waals surface area (Å²) >= 11 is 0. The third-order valence-electron chi connectivity index (χ3n) is 3.38. The highest BCUT2D eigenvalue weighted by atomic mass is 16.5. The van der Waals surface area contributed by atoms with Crippen molar-refractivity contribution in [3.05, 3.63) is 59.7 Å². The van der Waals surface area contributed by atoms with E-state index < -0.39 is 0 Å². The molecule has 4 nitrogen and oxygen atoms in total. The summed E-state index contributed by atoms with van der Waals surface area (Å²) in [6.07, 6.45) is 0. The molecule has 1 atom stereocenters. The highest BCUT2D eigenvalue weighted by molar-refractivity contribution is 5.96. The van der Waals surface area contributed by atoms with Crippen molar-refractivity contribution in [3.8, 4) is 0 Å². The molecule has 2 aromatic rings. The molecule has 2 rings (SSSR count). The Balaban J connectivity index is 2.14. The van der Waals surface area contributed by atoms with Crippen molar-refractivity contribution in [2.75, 3.05) is 18.2 Å². The van der Waals surface area contributed by atoms with Gasteiger partial charge in [0.2, 0.25) is 5.91 Å². The fraction of sp³-hybridized carbons (Fsp3) is 0.235. The van der Waals surface area contributed by atoms with E-state index in [1.54, 1.807) is 7.11 Å². The van der Waals surface area contributed by atoms with Crippen LogP contribution >= 0.6 is 0 Å². The monoisotopic (exact) mass is 284 g/mol. The minimum atomic E-state index is -0.274. The molecule has 0 aliphatic heterocycles. The molecule has 0 saturated carbocycles. The van der Waals surface area contributed by atoms with Gasteiger partial charge in [0.1, 0.15) is 0 Å². The third kappa shape index (κ3) is 3.83. The zero-order valence-electron chi connectivity index (χ0n) is 12.3. The second kappa shape index (κ2) is 6.90. The number of anilines is 2. The van der Waals surface area contributed by atoms with Crippen LogP contribution in [0, 0.1) is 0 Å². The van der Waals surface area contributed by atoms with Crippen LogP contribution in [0.15, 0.2) is 48.5 Å². The summed E-state index contributed by atoms with van der Waals surface area (Å²) < 4.78 is 5.14. The molecule has 0 aliphatic rings. The lowest BCUT2D eigenvalue weighted by molar-refractivity contribution is -0.117. The molecule has 1 unspecified atom stereocenters. The number of para-hydroxylation sites is 1. The van der Waals surface area contributed by atoms with E-state index in [1.807, 2.05) is 55.5 Å². The number of carbonyl (C=O) groups is 1. The molecule has 4 heteroatoms. The zero-order chi connectivity index (χ0) is 15.2. The average molecular weight is 284 g/mol. The van der Waals surface area contributed by atoms with E-state index in [0.29, 0.717) is 12.3 Å². The van der Waals surface area contributed by atoms with E-state index in [4.69, 9.17) is 10.5 Å². The van der Waals surface area contributed by atoms with Crippen molar-refractivity contribution in [2.45, 2.75) is 19.4 Å². The summed E-state index contributed by atoms with van der Waals surface area (Å²) in [5.74, 6) is -0.340. The molecular weight excluding hydrogens is 264 g/mol. The average Bonchev–Trinajstić information content (AvgIpc) is 2.48. The Bertz CT molecular complexity index is 626. The maximum absolute atomic E-state index is 12.4. The maximum Gasteiger partial charge on any atom is 0.231 e. The van der Waals surface area contributed by atoms with Crippen LogP contribution in [0.3, 0.4) is 0 Å². The van der Waals surface area contributed by atoms with Crippen LogP contribution in [0.1, 0.15) is 24.0 Å². The summed E-state index contributed by atoms with van der Waals surface area (Å²) in [6, 6.07) is 15.0. The molecule has 21 heavy (non-hydrogen) atoms. The van der Waals surface area contributed by atoms with Crippen molar-refractivity contribution in [2.24, 2.45) is 0 Å². The lowest BCUT2D eigenvalue weighted by Crippen LogP contribution is -2.19. The number of hydrogen-bond acceptors (Lipinski definition) is 3. The van der Waals surface area contributed by atoms with Crippen molar-refractivity contribution in [1.29, 1.82) is 0 Å². The Kier molecular flexibility index (Phi) is 4.95. The van der Waals surface area contributed by atoms with E-state index in [0.717, 1.165) is 16.8 Å². The van der Waals surface area contributed by atoms with Gasteiger partial charge in [-0.05, 0) is 30.7 Å². The molecule has 0 fully saturated rings. The molecule has 1 amide bonds. The Hall–Kier alpha value is -2.33. The fourth-order valence-corrected chi connectivity index (χ4v) is 2.14. The highest BCUT2D eigenvalue weighted by Crippen LogP contribution is 2.22. The number of nitrogen functional groups attached to an aromatic ring is 1. The number of amides is 1. The molecule has 0 spiro atoms. The number of rotatable bonds is 5. The molecule has 0 aromatic heterocycles. The molecule has 0 bridgehead atoms. The molecule has 0 saturated heterocycles. The lowest BCUT2D eigenvalue weighted by atomic mass is 9.99. The second-order valence-electron chi connectivity index (χ2n) is 4.97. The normalized spacial score (nSPS) is 11.9. The summed E-state index contributed by atoms with van der Waals surface area (Å²) in [5.41, 5.74) is 9.05. The quantitative estimate of drug-likeness (QED) is 0.829. The van der Waals surface area contributed by atoms with Gasteiger partial charge in [0.15, 0.2) is 0 Å². The first kappa shape index (κ1) is 15.1. The highest BCUT2D eigenvalue weighted by Gasteiger charge is 2.16. The molecule has 0 heterocycles. The molecular formula is C17H20N2O2. The number of methoxy groups -OCH3 is 1. The van der Waals surface area contributed by atoms with Crippen LogP contribution in [0.2, 0.25) is 0 Å². The van der Waals surface area contributed by atoms with Gasteiger partial charge in [-0.15, -0.1) is 0 Å². The molecule has 0 aliphatic carbocycles. The van der Waals surface area contributed by atoms with Crippen LogP contribution in [0.25, 0.3) is 0 Å². The first-order chi connectivity index (χ1) is 10.1. The van der Waals surface area contributed by atoms with Gasteiger partial charge in [-0.2, -0.15) is 0 Å². The predicted octanol–water partition coefficient (Wildman–Crippen LogP) is 3.16. The van der Waals surface area contributed by atoms with E-state index in [-0.39, 0.29) is 11.8 Å². The predicted molar refractivity (Wildman–Crippen MR) is 85.1 cm³/mol. The van der Waals surface area contributed by atoms with Gasteiger partial charge in [0.05, 0.1) is 12.5 Å². The van der Waals surface area contributed by atoms with E-state index >= 15 is 0 Å². The minimum Gasteiger partial charge on any atom is -0.399 e. The van der Waals surface area contributed by atoms with Crippen molar-refractivity contribution < 1.29 is 9.53 Å². The number of carbonyl (C=O) groups excluding carboxylic acids is 1. The first-order valence-corrected chi connectivity index (χ1v) is 6.85. The summed E-state index contributed by atoms with van der Waals surface area (Å²) in [7, 11) is 1.63. The van der Waals surface area contributed by atoms with Gasteiger partial charge < -0.3 is 15.8 Å². The Morgan fingerprint density at radius 2 is 2.00 bits per heavy atom. The smallest absolute Gasteiger partial charge is 0.231 e. The van der Waals surface area contributed by atoms with Crippen LogP contribution < -0.4 is 11.1 Å². The molecule has 2 aromatic carbocycles. The van der Waals surface area contributed by atoms with Crippen molar-refractivity contribution >= 4 is 17.3 Å².